The van der Waals surface area contributed by atoms with Crippen LogP contribution < -0.4 is 16.4 Å². The van der Waals surface area contributed by atoms with Crippen molar-refractivity contribution in [3.63, 3.8) is 0 Å². The zero-order valence-electron chi connectivity index (χ0n) is 16.9. The summed E-state index contributed by atoms with van der Waals surface area (Å²) in [6, 6.07) is 8.15. The second-order valence-corrected chi connectivity index (χ2v) is 7.57. The Morgan fingerprint density at radius 3 is 2.30 bits per heavy atom. The van der Waals surface area contributed by atoms with E-state index in [1.807, 2.05) is 24.8 Å². The number of anilines is 1. The number of guanidine groups is 1. The summed E-state index contributed by atoms with van der Waals surface area (Å²) < 4.78 is 0. The molecule has 1 fully saturated rings. The Morgan fingerprint density at radius 2 is 1.73 bits per heavy atom. The van der Waals surface area contributed by atoms with E-state index in [0.29, 0.717) is 42.6 Å². The third-order valence-electron chi connectivity index (χ3n) is 4.70. The summed E-state index contributed by atoms with van der Waals surface area (Å²) in [4.78, 5) is 39.1. The van der Waals surface area contributed by atoms with E-state index in [1.54, 1.807) is 24.3 Å². The topological polar surface area (TPSA) is 126 Å². The molecule has 3 rings (SSSR count). The van der Waals surface area contributed by atoms with Crippen molar-refractivity contribution in [1.82, 2.24) is 20.2 Å². The van der Waals surface area contributed by atoms with Crippen LogP contribution in [0.4, 0.5) is 16.4 Å². The fourth-order valence-electron chi connectivity index (χ4n) is 3.20. The van der Waals surface area contributed by atoms with Gasteiger partial charge in [-0.2, -0.15) is 4.99 Å². The fourth-order valence-corrected chi connectivity index (χ4v) is 3.33. The standard InChI is InChI=1S/C20H24ClN7O2/c1-12-11-13(2)24-18(23-12)26-19(28-9-7-14(8-10-28)17(22)29)27-20(30)25-16-5-3-15(21)4-6-16/h3-6,11,14H,7-10H2,1-2H3,(H2,22,29)(H2,23,24,25,26,27,30). The molecule has 0 saturated carbocycles. The number of rotatable bonds is 3. The number of piperidine rings is 1. The van der Waals surface area contributed by atoms with Crippen LogP contribution in [0.5, 0.6) is 0 Å². The maximum absolute atomic E-state index is 12.6. The highest BCUT2D eigenvalue weighted by Gasteiger charge is 2.26. The predicted molar refractivity (Wildman–Crippen MR) is 116 cm³/mol. The molecule has 2 heterocycles. The molecule has 1 saturated heterocycles. The first-order valence-corrected chi connectivity index (χ1v) is 9.97. The van der Waals surface area contributed by atoms with Crippen LogP contribution in [0.1, 0.15) is 24.2 Å². The molecule has 3 amide bonds. The number of likely N-dealkylation sites (tertiary alicyclic amines) is 1. The lowest BCUT2D eigenvalue weighted by Gasteiger charge is -2.32. The maximum Gasteiger partial charge on any atom is 0.326 e. The van der Waals surface area contributed by atoms with Gasteiger partial charge in [0.05, 0.1) is 0 Å². The van der Waals surface area contributed by atoms with Gasteiger partial charge in [-0.15, -0.1) is 0 Å². The van der Waals surface area contributed by atoms with Crippen LogP contribution >= 0.6 is 11.6 Å². The average Bonchev–Trinajstić information content (AvgIpc) is 2.68. The first-order chi connectivity index (χ1) is 14.3. The molecule has 9 nitrogen and oxygen atoms in total. The number of aryl methyl sites for hydroxylation is 2. The quantitative estimate of drug-likeness (QED) is 0.511. The number of hydrogen-bond donors (Lipinski definition) is 3. The number of hydrogen-bond acceptors (Lipinski definition) is 5. The molecule has 1 aromatic carbocycles. The minimum absolute atomic E-state index is 0.178. The van der Waals surface area contributed by atoms with E-state index in [4.69, 9.17) is 17.3 Å². The van der Waals surface area contributed by atoms with Gasteiger partial charge in [0.15, 0.2) is 0 Å². The van der Waals surface area contributed by atoms with Gasteiger partial charge >= 0.3 is 6.03 Å². The Morgan fingerprint density at radius 1 is 1.13 bits per heavy atom. The monoisotopic (exact) mass is 429 g/mol. The van der Waals surface area contributed by atoms with Gasteiger partial charge in [-0.1, -0.05) is 11.6 Å². The molecule has 0 bridgehead atoms. The Bertz CT molecular complexity index is 934. The van der Waals surface area contributed by atoms with Gasteiger partial charge in [0, 0.05) is 41.1 Å². The summed E-state index contributed by atoms with van der Waals surface area (Å²) in [5, 5.41) is 6.10. The van der Waals surface area contributed by atoms with Gasteiger partial charge in [0.2, 0.25) is 11.9 Å². The van der Waals surface area contributed by atoms with Gasteiger partial charge < -0.3 is 16.0 Å². The van der Waals surface area contributed by atoms with Crippen molar-refractivity contribution in [1.29, 1.82) is 0 Å². The van der Waals surface area contributed by atoms with E-state index in [1.165, 1.54) is 0 Å². The predicted octanol–water partition coefficient (Wildman–Crippen LogP) is 2.75. The summed E-state index contributed by atoms with van der Waals surface area (Å²) in [5.41, 5.74) is 7.57. The molecular formula is C20H24ClN7O2. The van der Waals surface area contributed by atoms with E-state index in [2.05, 4.69) is 25.6 Å². The number of primary amides is 1. The number of aliphatic imine (C=N–C) groups is 1. The molecule has 1 aliphatic heterocycles. The molecule has 0 spiro atoms. The summed E-state index contributed by atoms with van der Waals surface area (Å²) in [6.45, 7) is 4.76. The van der Waals surface area contributed by atoms with Crippen molar-refractivity contribution >= 4 is 41.1 Å². The molecule has 0 unspecified atom stereocenters. The molecule has 2 aromatic rings. The van der Waals surface area contributed by atoms with Crippen LogP contribution in [0, 0.1) is 19.8 Å². The number of urea groups is 1. The van der Waals surface area contributed by atoms with Gasteiger partial charge in [-0.3, -0.25) is 10.1 Å². The lowest BCUT2D eigenvalue weighted by atomic mass is 9.96. The first-order valence-electron chi connectivity index (χ1n) is 9.59. The normalized spacial score (nSPS) is 15.0. The van der Waals surface area contributed by atoms with Crippen LogP contribution in [-0.4, -0.2) is 45.9 Å². The minimum atomic E-state index is -0.461. The summed E-state index contributed by atoms with van der Waals surface area (Å²) in [5.74, 6) is 0.0859. The number of halogens is 1. The number of carbonyl (C=O) groups excluding carboxylic acids is 2. The number of amides is 3. The lowest BCUT2D eigenvalue weighted by Crippen LogP contribution is -2.49. The SMILES string of the molecule is Cc1cc(C)nc(/N=C(\NC(=O)Nc2ccc(Cl)cc2)N2CCC(C(N)=O)CC2)n1. The number of carbonyl (C=O) groups is 2. The van der Waals surface area contributed by atoms with E-state index in [9.17, 15) is 9.59 Å². The molecule has 10 heteroatoms. The number of aromatic nitrogens is 2. The fraction of sp³-hybridized carbons (Fsp3) is 0.350. The second kappa shape index (κ2) is 9.53. The molecule has 1 aromatic heterocycles. The molecular weight excluding hydrogens is 406 g/mol. The Hall–Kier alpha value is -3.20. The third-order valence-corrected chi connectivity index (χ3v) is 4.95. The van der Waals surface area contributed by atoms with E-state index < -0.39 is 6.03 Å². The first kappa shape index (κ1) is 21.5. The highest BCUT2D eigenvalue weighted by Crippen LogP contribution is 2.18. The van der Waals surface area contributed by atoms with Gasteiger partial charge in [0.25, 0.3) is 5.95 Å². The van der Waals surface area contributed by atoms with Crippen molar-refractivity contribution < 1.29 is 9.59 Å². The Kier molecular flexibility index (Phi) is 6.83. The van der Waals surface area contributed by atoms with E-state index in [-0.39, 0.29) is 17.8 Å². The zero-order chi connectivity index (χ0) is 21.7. The largest absolute Gasteiger partial charge is 0.369 e. The van der Waals surface area contributed by atoms with Crippen LogP contribution in [-0.2, 0) is 4.79 Å². The van der Waals surface area contributed by atoms with Gasteiger partial charge in [0.1, 0.15) is 0 Å². The molecule has 30 heavy (non-hydrogen) atoms. The van der Waals surface area contributed by atoms with Crippen molar-refractivity contribution in [2.75, 3.05) is 18.4 Å². The minimum Gasteiger partial charge on any atom is -0.369 e. The Balaban J connectivity index is 1.79. The molecule has 0 atom stereocenters. The molecule has 0 aliphatic carbocycles. The van der Waals surface area contributed by atoms with E-state index >= 15 is 0 Å². The van der Waals surface area contributed by atoms with Crippen molar-refractivity contribution in [2.45, 2.75) is 26.7 Å². The van der Waals surface area contributed by atoms with Crippen LogP contribution in [0.3, 0.4) is 0 Å². The summed E-state index contributed by atoms with van der Waals surface area (Å²) in [7, 11) is 0. The summed E-state index contributed by atoms with van der Waals surface area (Å²) in [6.07, 6.45) is 1.17. The number of benzene rings is 1. The summed E-state index contributed by atoms with van der Waals surface area (Å²) >= 11 is 5.88. The van der Waals surface area contributed by atoms with Gasteiger partial charge in [-0.25, -0.2) is 14.8 Å². The molecule has 0 radical (unpaired) electrons. The maximum atomic E-state index is 12.6. The van der Waals surface area contributed by atoms with E-state index in [0.717, 1.165) is 11.4 Å². The van der Waals surface area contributed by atoms with Crippen molar-refractivity contribution in [3.05, 3.63) is 46.7 Å². The Labute approximate surface area is 179 Å². The molecule has 158 valence electrons. The van der Waals surface area contributed by atoms with Crippen LogP contribution in [0.2, 0.25) is 5.02 Å². The molecule has 1 aliphatic rings. The van der Waals surface area contributed by atoms with Crippen LogP contribution in [0.25, 0.3) is 0 Å². The van der Waals surface area contributed by atoms with Crippen molar-refractivity contribution in [2.24, 2.45) is 16.6 Å². The number of nitrogens with zero attached hydrogens (tertiary/aromatic N) is 4. The third kappa shape index (κ3) is 5.90. The molecule has 4 N–H and O–H groups in total. The van der Waals surface area contributed by atoms with Crippen LogP contribution in [0.15, 0.2) is 35.3 Å². The lowest BCUT2D eigenvalue weighted by molar-refractivity contribution is -0.122. The number of nitrogens with two attached hydrogens (primary N) is 1. The average molecular weight is 430 g/mol. The van der Waals surface area contributed by atoms with Gasteiger partial charge in [-0.05, 0) is 57.0 Å². The smallest absolute Gasteiger partial charge is 0.326 e. The van der Waals surface area contributed by atoms with Crippen molar-refractivity contribution in [3.8, 4) is 0 Å². The number of nitrogens with one attached hydrogen (secondary N) is 2. The zero-order valence-corrected chi connectivity index (χ0v) is 17.6. The highest BCUT2D eigenvalue weighted by atomic mass is 35.5. The second-order valence-electron chi connectivity index (χ2n) is 7.14. The highest BCUT2D eigenvalue weighted by molar-refractivity contribution is 6.30.